The summed E-state index contributed by atoms with van der Waals surface area (Å²) >= 11 is 0. The average molecular weight is 725 g/mol. The summed E-state index contributed by atoms with van der Waals surface area (Å²) in [5, 5.41) is 0. The van der Waals surface area contributed by atoms with E-state index in [0.29, 0.717) is 144 Å². The molecule has 14 heteroatoms. The highest BCUT2D eigenvalue weighted by molar-refractivity contribution is 6.40. The van der Waals surface area contributed by atoms with E-state index < -0.39 is 11.8 Å². The molecule has 0 aliphatic heterocycles. The number of carbonyl (C=O) groups is 2. The van der Waals surface area contributed by atoms with Gasteiger partial charge in [0.2, 0.25) is 0 Å². The van der Waals surface area contributed by atoms with Crippen molar-refractivity contribution in [1.29, 1.82) is 0 Å². The van der Waals surface area contributed by atoms with E-state index in [1.54, 1.807) is 30.3 Å². The van der Waals surface area contributed by atoms with E-state index in [-0.39, 0.29) is 13.2 Å². The van der Waals surface area contributed by atoms with Crippen LogP contribution in [0, 0.1) is 0 Å². The van der Waals surface area contributed by atoms with Gasteiger partial charge in [-0.05, 0) is 5.56 Å². The molecule has 0 heterocycles. The number of esters is 1. The normalized spacial score (nSPS) is 11.2. The number of carbonyl (C=O) groups excluding carboxylic acids is 2. The highest BCUT2D eigenvalue weighted by Crippen LogP contribution is 2.02. The number of ketones is 1. The van der Waals surface area contributed by atoms with Gasteiger partial charge >= 0.3 is 5.97 Å². The summed E-state index contributed by atoms with van der Waals surface area (Å²) in [7, 11) is 0. The molecule has 0 saturated carbocycles. The van der Waals surface area contributed by atoms with Crippen molar-refractivity contribution >= 4 is 11.8 Å². The van der Waals surface area contributed by atoms with E-state index >= 15 is 0 Å². The molecule has 0 spiro atoms. The number of ether oxygens (including phenoxy) is 12. The van der Waals surface area contributed by atoms with Crippen molar-refractivity contribution in [1.82, 2.24) is 0 Å². The van der Waals surface area contributed by atoms with Crippen LogP contribution in [0.25, 0.3) is 0 Å². The summed E-state index contributed by atoms with van der Waals surface area (Å²) in [6.45, 7) is 10.3. The van der Waals surface area contributed by atoms with Gasteiger partial charge in [0.15, 0.2) is 0 Å². The lowest BCUT2D eigenvalue weighted by Crippen LogP contribution is -2.20. The zero-order valence-electron chi connectivity index (χ0n) is 29.8. The van der Waals surface area contributed by atoms with Gasteiger partial charge in [-0.15, -0.1) is 0 Å². The number of hydrogen-bond donors (Lipinski definition) is 0. The zero-order chi connectivity index (χ0) is 36.1. The lowest BCUT2D eigenvalue weighted by molar-refractivity contribution is -0.139. The Balaban J connectivity index is 1.15. The third-order valence-corrected chi connectivity index (χ3v) is 6.51. The van der Waals surface area contributed by atoms with E-state index in [9.17, 15) is 9.59 Å². The third kappa shape index (κ3) is 27.5. The molecule has 0 N–H and O–H groups in total. The fourth-order valence-electron chi connectivity index (χ4n) is 3.93. The smallest absolute Gasteiger partial charge is 0.379 e. The van der Waals surface area contributed by atoms with Crippen molar-refractivity contribution < 1.29 is 66.4 Å². The molecule has 0 saturated heterocycles. The van der Waals surface area contributed by atoms with Crippen molar-refractivity contribution in [3.8, 4) is 0 Å². The molecule has 0 aliphatic rings. The summed E-state index contributed by atoms with van der Waals surface area (Å²) in [4.78, 5) is 23.6. The molecule has 0 unspecified atom stereocenters. The van der Waals surface area contributed by atoms with Crippen LogP contribution in [0.5, 0.6) is 0 Å². The van der Waals surface area contributed by atoms with Crippen LogP contribution in [-0.2, 0) is 68.2 Å². The monoisotopic (exact) mass is 724 g/mol. The second-order valence-electron chi connectivity index (χ2n) is 10.5. The van der Waals surface area contributed by atoms with Gasteiger partial charge in [0.1, 0.15) is 6.61 Å². The molecule has 0 fully saturated rings. The van der Waals surface area contributed by atoms with Crippen molar-refractivity contribution in [3.05, 3.63) is 71.8 Å². The van der Waals surface area contributed by atoms with Gasteiger partial charge in [-0.25, -0.2) is 4.79 Å². The summed E-state index contributed by atoms with van der Waals surface area (Å²) in [5.41, 5.74) is 1.45. The summed E-state index contributed by atoms with van der Waals surface area (Å²) < 4.78 is 65.0. The van der Waals surface area contributed by atoms with Crippen LogP contribution in [0.2, 0.25) is 0 Å². The predicted molar refractivity (Wildman–Crippen MR) is 186 cm³/mol. The minimum Gasteiger partial charge on any atom is -0.457 e. The molecule has 0 atom stereocenters. The number of rotatable bonds is 37. The Labute approximate surface area is 301 Å². The molecule has 2 aromatic carbocycles. The Hall–Kier alpha value is -2.86. The van der Waals surface area contributed by atoms with E-state index in [1.807, 2.05) is 30.3 Å². The molecular formula is C37H56O14. The van der Waals surface area contributed by atoms with Crippen LogP contribution >= 0.6 is 0 Å². The van der Waals surface area contributed by atoms with E-state index in [0.717, 1.165) is 5.56 Å². The van der Waals surface area contributed by atoms with Crippen molar-refractivity contribution in [2.24, 2.45) is 0 Å². The first-order valence-electron chi connectivity index (χ1n) is 17.4. The van der Waals surface area contributed by atoms with Crippen LogP contribution in [-0.4, -0.2) is 157 Å². The molecule has 0 aliphatic carbocycles. The molecular weight excluding hydrogens is 668 g/mol. The molecule has 2 aromatic rings. The number of Topliss-reactive ketones (excluding diaryl/α,β-unsaturated/α-hetero) is 1. The average Bonchev–Trinajstić information content (AvgIpc) is 3.16. The fraction of sp³-hybridized carbons (Fsp3) is 0.622. The van der Waals surface area contributed by atoms with Gasteiger partial charge in [0.25, 0.3) is 5.78 Å². The molecule has 288 valence electrons. The summed E-state index contributed by atoms with van der Waals surface area (Å²) in [6, 6.07) is 18.3. The lowest BCUT2D eigenvalue weighted by atomic mass is 10.1. The van der Waals surface area contributed by atoms with Gasteiger partial charge < -0.3 is 56.8 Å². The van der Waals surface area contributed by atoms with E-state index in [2.05, 4.69) is 0 Å². The van der Waals surface area contributed by atoms with E-state index in [4.69, 9.17) is 56.8 Å². The Morgan fingerprint density at radius 3 is 0.941 bits per heavy atom. The Morgan fingerprint density at radius 2 is 0.608 bits per heavy atom. The molecule has 14 nitrogen and oxygen atoms in total. The Bertz CT molecular complexity index is 1060. The van der Waals surface area contributed by atoms with Crippen molar-refractivity contribution in [2.45, 2.75) is 6.61 Å². The van der Waals surface area contributed by atoms with Crippen LogP contribution in [0.3, 0.4) is 0 Å². The van der Waals surface area contributed by atoms with Gasteiger partial charge in [0.05, 0.1) is 145 Å². The maximum absolute atomic E-state index is 11.9. The predicted octanol–water partition coefficient (Wildman–Crippen LogP) is 2.80. The molecule has 0 bridgehead atoms. The standard InChI is InChI=1S/C37H56O14/c38-36(35-9-5-2-6-10-35)37(39)51-32-31-49-28-27-47-24-23-45-20-19-43-16-15-41-12-11-40-13-14-42-17-18-44-21-22-46-25-26-48-29-30-50-33-34-7-3-1-4-8-34/h1-10H,11-33H2. The Morgan fingerprint density at radius 1 is 0.333 bits per heavy atom. The first-order valence-corrected chi connectivity index (χ1v) is 17.4. The topological polar surface area (TPSA) is 145 Å². The van der Waals surface area contributed by atoms with Crippen molar-refractivity contribution in [3.63, 3.8) is 0 Å². The first kappa shape index (κ1) is 44.3. The number of hydrogen-bond acceptors (Lipinski definition) is 14. The van der Waals surface area contributed by atoms with Crippen LogP contribution in [0.15, 0.2) is 60.7 Å². The quantitative estimate of drug-likeness (QED) is 0.0436. The van der Waals surface area contributed by atoms with Crippen LogP contribution < -0.4 is 0 Å². The first-order chi connectivity index (χ1) is 25.3. The highest BCUT2D eigenvalue weighted by Gasteiger charge is 2.17. The zero-order valence-corrected chi connectivity index (χ0v) is 29.8. The van der Waals surface area contributed by atoms with E-state index in [1.165, 1.54) is 0 Å². The van der Waals surface area contributed by atoms with Gasteiger partial charge in [-0.2, -0.15) is 0 Å². The van der Waals surface area contributed by atoms with Gasteiger partial charge in [-0.3, -0.25) is 4.79 Å². The third-order valence-electron chi connectivity index (χ3n) is 6.51. The van der Waals surface area contributed by atoms with Crippen LogP contribution in [0.4, 0.5) is 0 Å². The second kappa shape index (κ2) is 34.2. The van der Waals surface area contributed by atoms with Gasteiger partial charge in [0, 0.05) is 5.56 Å². The molecule has 0 radical (unpaired) electrons. The second-order valence-corrected chi connectivity index (χ2v) is 10.5. The summed E-state index contributed by atoms with van der Waals surface area (Å²) in [5.74, 6) is -1.57. The molecule has 2 rings (SSSR count). The minimum absolute atomic E-state index is 0.00356. The fourth-order valence-corrected chi connectivity index (χ4v) is 3.93. The van der Waals surface area contributed by atoms with Crippen molar-refractivity contribution in [2.75, 3.05) is 145 Å². The number of benzene rings is 2. The minimum atomic E-state index is -0.898. The molecule has 0 amide bonds. The largest absolute Gasteiger partial charge is 0.457 e. The summed E-state index contributed by atoms with van der Waals surface area (Å²) in [6.07, 6.45) is 0. The van der Waals surface area contributed by atoms with Gasteiger partial charge in [-0.1, -0.05) is 60.7 Å². The van der Waals surface area contributed by atoms with Crippen LogP contribution in [0.1, 0.15) is 15.9 Å². The highest BCUT2D eigenvalue weighted by atomic mass is 16.6. The SMILES string of the molecule is O=C(OCCOCCOCCOCCOCCOCCOCCOCCOCCOCCOCCOCc1ccccc1)C(=O)c1ccccc1. The molecule has 51 heavy (non-hydrogen) atoms. The lowest BCUT2D eigenvalue weighted by Gasteiger charge is -2.09. The Kier molecular flexibility index (Phi) is 29.7. The maximum atomic E-state index is 11.9. The molecule has 0 aromatic heterocycles. The maximum Gasteiger partial charge on any atom is 0.379 e.